The summed E-state index contributed by atoms with van der Waals surface area (Å²) >= 11 is 0. The number of benzene rings is 1. The molecular formula is C16H20F3N3O3. The Kier molecular flexibility index (Phi) is 5.54. The maximum atomic E-state index is 12.4. The number of halogens is 3. The lowest BCUT2D eigenvalue weighted by Crippen LogP contribution is -2.36. The molecule has 1 aromatic rings. The molecule has 1 fully saturated rings. The highest BCUT2D eigenvalue weighted by atomic mass is 19.4. The maximum Gasteiger partial charge on any atom is 0.406 e. The van der Waals surface area contributed by atoms with Crippen LogP contribution in [-0.4, -0.2) is 48.6 Å². The summed E-state index contributed by atoms with van der Waals surface area (Å²) in [7, 11) is 1.02. The number of piperidine rings is 1. The summed E-state index contributed by atoms with van der Waals surface area (Å²) in [6.45, 7) is 2.04. The number of nitro groups is 1. The first-order chi connectivity index (χ1) is 11.6. The third kappa shape index (κ3) is 4.83. The van der Waals surface area contributed by atoms with Crippen molar-refractivity contribution in [2.75, 3.05) is 31.6 Å². The van der Waals surface area contributed by atoms with E-state index in [-0.39, 0.29) is 11.3 Å². The summed E-state index contributed by atoms with van der Waals surface area (Å²) in [6.07, 6.45) is -2.71. The average Bonchev–Trinajstić information content (AvgIpc) is 2.52. The number of rotatable bonds is 4. The molecule has 0 aliphatic carbocycles. The van der Waals surface area contributed by atoms with Crippen LogP contribution in [-0.2, 0) is 0 Å². The first-order valence-electron chi connectivity index (χ1n) is 7.94. The summed E-state index contributed by atoms with van der Waals surface area (Å²) < 4.78 is 37.3. The molecule has 0 aromatic heterocycles. The highest BCUT2D eigenvalue weighted by Crippen LogP contribution is 2.32. The quantitative estimate of drug-likeness (QED) is 0.610. The van der Waals surface area contributed by atoms with Gasteiger partial charge in [0.2, 0.25) is 0 Å². The van der Waals surface area contributed by atoms with Gasteiger partial charge in [-0.3, -0.25) is 14.9 Å². The Bertz CT molecular complexity index is 656. The van der Waals surface area contributed by atoms with E-state index in [2.05, 4.69) is 6.92 Å². The number of alkyl halides is 3. The number of hydrogen-bond acceptors (Lipinski definition) is 4. The van der Waals surface area contributed by atoms with Crippen LogP contribution in [0.5, 0.6) is 0 Å². The van der Waals surface area contributed by atoms with Gasteiger partial charge in [-0.25, -0.2) is 0 Å². The fraction of sp³-hybridized carbons (Fsp3) is 0.562. The largest absolute Gasteiger partial charge is 0.406 e. The number of nitrogens with zero attached hydrogens (tertiary/aromatic N) is 3. The van der Waals surface area contributed by atoms with E-state index in [0.29, 0.717) is 29.6 Å². The lowest BCUT2D eigenvalue weighted by molar-refractivity contribution is -0.384. The zero-order chi connectivity index (χ0) is 18.8. The molecule has 138 valence electrons. The van der Waals surface area contributed by atoms with Crippen LogP contribution in [0.2, 0.25) is 0 Å². The molecule has 1 aromatic carbocycles. The van der Waals surface area contributed by atoms with Crippen LogP contribution in [0, 0.1) is 16.0 Å². The van der Waals surface area contributed by atoms with Gasteiger partial charge in [0.05, 0.1) is 4.92 Å². The average molecular weight is 359 g/mol. The zero-order valence-corrected chi connectivity index (χ0v) is 14.0. The third-order valence-electron chi connectivity index (χ3n) is 4.31. The summed E-state index contributed by atoms with van der Waals surface area (Å²) in [4.78, 5) is 25.3. The predicted octanol–water partition coefficient (Wildman–Crippen LogP) is 3.47. The van der Waals surface area contributed by atoms with Gasteiger partial charge in [0, 0.05) is 31.8 Å². The first-order valence-corrected chi connectivity index (χ1v) is 7.94. The number of amides is 1. The molecule has 0 radical (unpaired) electrons. The van der Waals surface area contributed by atoms with Crippen molar-refractivity contribution < 1.29 is 22.9 Å². The van der Waals surface area contributed by atoms with Crippen LogP contribution in [0.15, 0.2) is 18.2 Å². The second-order valence-electron chi connectivity index (χ2n) is 6.41. The minimum atomic E-state index is -4.53. The van der Waals surface area contributed by atoms with Crippen LogP contribution in [0.3, 0.4) is 0 Å². The summed E-state index contributed by atoms with van der Waals surface area (Å²) in [5.41, 5.74) is 0.000290. The Morgan fingerprint density at radius 2 is 1.96 bits per heavy atom. The van der Waals surface area contributed by atoms with Crippen LogP contribution in [0.4, 0.5) is 24.5 Å². The molecule has 0 unspecified atom stereocenters. The van der Waals surface area contributed by atoms with E-state index in [1.807, 2.05) is 4.90 Å². The normalized spacial score (nSPS) is 16.0. The molecule has 0 atom stereocenters. The Hall–Kier alpha value is -2.32. The molecule has 1 amide bonds. The fourth-order valence-electron chi connectivity index (χ4n) is 2.88. The third-order valence-corrected chi connectivity index (χ3v) is 4.31. The maximum absolute atomic E-state index is 12.4. The SMILES string of the molecule is CC1CCN(c2ccc(C(=O)N(C)CC(F)(F)F)cc2[N+](=O)[O-])CC1. The van der Waals surface area contributed by atoms with Gasteiger partial charge in [-0.05, 0) is 30.9 Å². The lowest BCUT2D eigenvalue weighted by atomic mass is 9.98. The van der Waals surface area contributed by atoms with Crippen molar-refractivity contribution in [3.63, 3.8) is 0 Å². The minimum Gasteiger partial charge on any atom is -0.366 e. The van der Waals surface area contributed by atoms with Crippen LogP contribution >= 0.6 is 0 Å². The van der Waals surface area contributed by atoms with E-state index in [1.54, 1.807) is 0 Å². The van der Waals surface area contributed by atoms with E-state index in [4.69, 9.17) is 0 Å². The molecule has 0 N–H and O–H groups in total. The lowest BCUT2D eigenvalue weighted by Gasteiger charge is -2.31. The molecule has 0 bridgehead atoms. The molecule has 1 aliphatic rings. The van der Waals surface area contributed by atoms with Crippen molar-refractivity contribution in [1.29, 1.82) is 0 Å². The Labute approximate surface area is 143 Å². The number of nitro benzene ring substituents is 1. The van der Waals surface area contributed by atoms with Crippen LogP contribution < -0.4 is 4.90 Å². The van der Waals surface area contributed by atoms with Gasteiger partial charge in [0.15, 0.2) is 0 Å². The van der Waals surface area contributed by atoms with Crippen molar-refractivity contribution in [2.45, 2.75) is 25.9 Å². The van der Waals surface area contributed by atoms with Gasteiger partial charge < -0.3 is 9.80 Å². The second kappa shape index (κ2) is 7.28. The van der Waals surface area contributed by atoms with Crippen molar-refractivity contribution in [2.24, 2.45) is 5.92 Å². The van der Waals surface area contributed by atoms with Gasteiger partial charge in [-0.1, -0.05) is 6.92 Å². The second-order valence-corrected chi connectivity index (χ2v) is 6.41. The van der Waals surface area contributed by atoms with E-state index in [9.17, 15) is 28.1 Å². The minimum absolute atomic E-state index is 0.132. The van der Waals surface area contributed by atoms with Crippen molar-refractivity contribution >= 4 is 17.3 Å². The Morgan fingerprint density at radius 1 is 1.36 bits per heavy atom. The molecule has 6 nitrogen and oxygen atoms in total. The van der Waals surface area contributed by atoms with E-state index in [0.717, 1.165) is 26.0 Å². The highest BCUT2D eigenvalue weighted by molar-refractivity contribution is 5.95. The van der Waals surface area contributed by atoms with E-state index in [1.165, 1.54) is 12.1 Å². The predicted molar refractivity (Wildman–Crippen MR) is 86.7 cm³/mol. The smallest absolute Gasteiger partial charge is 0.366 e. The molecule has 0 saturated carbocycles. The Balaban J connectivity index is 2.26. The van der Waals surface area contributed by atoms with Gasteiger partial charge in [-0.2, -0.15) is 13.2 Å². The highest BCUT2D eigenvalue weighted by Gasteiger charge is 2.32. The summed E-state index contributed by atoms with van der Waals surface area (Å²) in [6, 6.07) is 3.85. The molecule has 2 rings (SSSR count). The topological polar surface area (TPSA) is 66.7 Å². The first kappa shape index (κ1) is 19.0. The Morgan fingerprint density at radius 3 is 2.48 bits per heavy atom. The number of carbonyl (C=O) groups is 1. The van der Waals surface area contributed by atoms with Gasteiger partial charge in [0.1, 0.15) is 12.2 Å². The standard InChI is InChI=1S/C16H20F3N3O3/c1-11-5-7-21(8-6-11)13-4-3-12(9-14(13)22(24)25)15(23)20(2)10-16(17,18)19/h3-4,9,11H,5-8,10H2,1-2H3. The van der Waals surface area contributed by atoms with Crippen molar-refractivity contribution in [3.8, 4) is 0 Å². The van der Waals surface area contributed by atoms with Crippen molar-refractivity contribution in [1.82, 2.24) is 4.90 Å². The summed E-state index contributed by atoms with van der Waals surface area (Å²) in [5, 5.41) is 11.4. The van der Waals surface area contributed by atoms with Gasteiger partial charge in [0.25, 0.3) is 11.6 Å². The van der Waals surface area contributed by atoms with Gasteiger partial charge in [-0.15, -0.1) is 0 Å². The molecule has 1 aliphatic heterocycles. The molecule has 25 heavy (non-hydrogen) atoms. The van der Waals surface area contributed by atoms with Crippen LogP contribution in [0.25, 0.3) is 0 Å². The monoisotopic (exact) mass is 359 g/mol. The summed E-state index contributed by atoms with van der Waals surface area (Å²) in [5.74, 6) is -0.355. The van der Waals surface area contributed by atoms with Crippen LogP contribution in [0.1, 0.15) is 30.1 Å². The molecule has 0 spiro atoms. The van der Waals surface area contributed by atoms with Gasteiger partial charge >= 0.3 is 6.18 Å². The number of hydrogen-bond donors (Lipinski definition) is 0. The molecular weight excluding hydrogens is 339 g/mol. The fourth-order valence-corrected chi connectivity index (χ4v) is 2.88. The molecule has 9 heteroatoms. The molecule has 1 saturated heterocycles. The number of carbonyl (C=O) groups excluding carboxylic acids is 1. The molecule has 1 heterocycles. The van der Waals surface area contributed by atoms with E-state index < -0.39 is 23.6 Å². The zero-order valence-electron chi connectivity index (χ0n) is 14.0. The van der Waals surface area contributed by atoms with Crippen molar-refractivity contribution in [3.05, 3.63) is 33.9 Å². The van der Waals surface area contributed by atoms with E-state index >= 15 is 0 Å². The number of anilines is 1.